The molecule has 0 aromatic heterocycles. The first kappa shape index (κ1) is 7.63. The highest BCUT2D eigenvalue weighted by Crippen LogP contribution is 1.82. The molecule has 2 nitrogen and oxygen atoms in total. The van der Waals surface area contributed by atoms with Crippen molar-refractivity contribution in [3.8, 4) is 0 Å². The van der Waals surface area contributed by atoms with Crippen molar-refractivity contribution in [2.24, 2.45) is 4.99 Å². The van der Waals surface area contributed by atoms with Gasteiger partial charge >= 0.3 is 0 Å². The highest BCUT2D eigenvalue weighted by molar-refractivity contribution is 5.63. The molecule has 0 aliphatic carbocycles. The molecule has 1 unspecified atom stereocenters. The Kier molecular flexibility index (Phi) is 4.56. The van der Waals surface area contributed by atoms with Gasteiger partial charge in [0.2, 0.25) is 0 Å². The average Bonchev–Trinajstić information content (AvgIpc) is 1.83. The van der Waals surface area contributed by atoms with E-state index in [-0.39, 0.29) is 0 Å². The maximum absolute atomic E-state index is 3.89. The van der Waals surface area contributed by atoms with Crippen LogP contribution in [0.5, 0.6) is 0 Å². The lowest BCUT2D eigenvalue weighted by atomic mass is 10.2. The lowest BCUT2D eigenvalue weighted by Crippen LogP contribution is -2.25. The van der Waals surface area contributed by atoms with Crippen molar-refractivity contribution in [3.63, 3.8) is 0 Å². The summed E-state index contributed by atoms with van der Waals surface area (Å²) in [6.45, 7) is 2.13. The highest BCUT2D eigenvalue weighted by Gasteiger charge is 1.93. The first-order valence-electron chi connectivity index (χ1n) is 2.94. The second kappa shape index (κ2) is 4.78. The van der Waals surface area contributed by atoms with Crippen LogP contribution in [0.3, 0.4) is 0 Å². The minimum absolute atomic E-state index is 0.458. The minimum Gasteiger partial charge on any atom is -0.312 e. The van der Waals surface area contributed by atoms with Crippen LogP contribution in [0.25, 0.3) is 0 Å². The molecule has 0 spiro atoms. The number of rotatable bonds is 3. The molecule has 0 fully saturated rings. The van der Waals surface area contributed by atoms with Gasteiger partial charge < -0.3 is 5.32 Å². The van der Waals surface area contributed by atoms with Crippen LogP contribution in [0.2, 0.25) is 0 Å². The van der Waals surface area contributed by atoms with Gasteiger partial charge in [-0.25, -0.2) is 0 Å². The summed E-state index contributed by atoms with van der Waals surface area (Å²) < 4.78 is 0. The van der Waals surface area contributed by atoms with Crippen molar-refractivity contribution < 1.29 is 0 Å². The minimum atomic E-state index is 0.458. The van der Waals surface area contributed by atoms with Gasteiger partial charge in [0.25, 0.3) is 0 Å². The van der Waals surface area contributed by atoms with Crippen molar-refractivity contribution in [3.05, 3.63) is 0 Å². The zero-order valence-electron chi connectivity index (χ0n) is 5.81. The monoisotopic (exact) mass is 114 g/mol. The predicted molar refractivity (Wildman–Crippen MR) is 37.6 cm³/mol. The number of aliphatic imine (C=N–C) groups is 1. The van der Waals surface area contributed by atoms with Crippen LogP contribution < -0.4 is 5.32 Å². The van der Waals surface area contributed by atoms with Gasteiger partial charge in [-0.2, -0.15) is 0 Å². The molecule has 0 amide bonds. The Bertz CT molecular complexity index is 64.9. The number of nitrogens with one attached hydrogen (secondary N) is 1. The summed E-state index contributed by atoms with van der Waals surface area (Å²) in [5.74, 6) is 0. The molecule has 8 heavy (non-hydrogen) atoms. The highest BCUT2D eigenvalue weighted by atomic mass is 14.9. The third-order valence-corrected chi connectivity index (χ3v) is 1.14. The Morgan fingerprint density at radius 2 is 2.38 bits per heavy atom. The lowest BCUT2D eigenvalue weighted by molar-refractivity contribution is 0.688. The quantitative estimate of drug-likeness (QED) is 0.536. The Morgan fingerprint density at radius 1 is 1.75 bits per heavy atom. The molecule has 0 aliphatic heterocycles. The fraction of sp³-hybridized carbons (Fsp3) is 0.833. The molecule has 0 aromatic rings. The molecule has 0 saturated carbocycles. The van der Waals surface area contributed by atoms with E-state index in [9.17, 15) is 0 Å². The van der Waals surface area contributed by atoms with Crippen LogP contribution in [0.4, 0.5) is 0 Å². The molecular formula is C6H14N2. The van der Waals surface area contributed by atoms with Gasteiger partial charge in [-0.05, 0) is 13.5 Å². The summed E-state index contributed by atoms with van der Waals surface area (Å²) in [4.78, 5) is 3.89. The van der Waals surface area contributed by atoms with Gasteiger partial charge in [-0.3, -0.25) is 4.99 Å². The predicted octanol–water partition coefficient (Wildman–Crippen LogP) is 0.685. The van der Waals surface area contributed by atoms with E-state index < -0.39 is 0 Å². The standard InChI is InChI=1S/C6H14N2/c1-4-6(8-3)5-7-2/h5-6,8H,4H2,1-3H3. The molecule has 0 aliphatic rings. The van der Waals surface area contributed by atoms with Crippen molar-refractivity contribution in [2.45, 2.75) is 19.4 Å². The molecular weight excluding hydrogens is 100 g/mol. The van der Waals surface area contributed by atoms with Crippen molar-refractivity contribution in [2.75, 3.05) is 14.1 Å². The molecule has 0 bridgehead atoms. The number of hydrogen-bond acceptors (Lipinski definition) is 2. The molecule has 0 heterocycles. The largest absolute Gasteiger partial charge is 0.312 e. The summed E-state index contributed by atoms with van der Waals surface area (Å²) in [5, 5.41) is 3.10. The van der Waals surface area contributed by atoms with Crippen LogP contribution in [-0.4, -0.2) is 26.4 Å². The summed E-state index contributed by atoms with van der Waals surface area (Å²) in [7, 11) is 3.73. The van der Waals surface area contributed by atoms with Gasteiger partial charge in [0.1, 0.15) is 0 Å². The third-order valence-electron chi connectivity index (χ3n) is 1.14. The maximum Gasteiger partial charge on any atom is 0.0414 e. The zero-order valence-corrected chi connectivity index (χ0v) is 5.81. The summed E-state index contributed by atoms with van der Waals surface area (Å²) >= 11 is 0. The first-order chi connectivity index (χ1) is 3.85. The molecule has 0 saturated heterocycles. The Hall–Kier alpha value is -0.370. The van der Waals surface area contributed by atoms with Crippen LogP contribution in [0, 0.1) is 0 Å². The van der Waals surface area contributed by atoms with E-state index >= 15 is 0 Å². The Balaban J connectivity index is 3.36. The van der Waals surface area contributed by atoms with Crippen LogP contribution in [-0.2, 0) is 0 Å². The SMILES string of the molecule is CCC(C=NC)NC. The Morgan fingerprint density at radius 3 is 2.50 bits per heavy atom. The van der Waals surface area contributed by atoms with E-state index in [4.69, 9.17) is 0 Å². The molecule has 48 valence electrons. The fourth-order valence-electron chi connectivity index (χ4n) is 0.564. The van der Waals surface area contributed by atoms with Crippen molar-refractivity contribution in [1.82, 2.24) is 5.32 Å². The van der Waals surface area contributed by atoms with Gasteiger partial charge in [0.15, 0.2) is 0 Å². The normalized spacial score (nSPS) is 14.9. The van der Waals surface area contributed by atoms with Gasteiger partial charge in [0, 0.05) is 19.3 Å². The molecule has 1 atom stereocenters. The molecule has 2 heteroatoms. The van der Waals surface area contributed by atoms with Gasteiger partial charge in [-0.15, -0.1) is 0 Å². The van der Waals surface area contributed by atoms with Crippen LogP contribution >= 0.6 is 0 Å². The van der Waals surface area contributed by atoms with Crippen LogP contribution in [0.1, 0.15) is 13.3 Å². The van der Waals surface area contributed by atoms with E-state index in [1.807, 2.05) is 13.3 Å². The Labute approximate surface area is 51.0 Å². The van der Waals surface area contributed by atoms with E-state index in [1.54, 1.807) is 7.05 Å². The number of nitrogens with zero attached hydrogens (tertiary/aromatic N) is 1. The fourth-order valence-corrected chi connectivity index (χ4v) is 0.564. The second-order valence-corrected chi connectivity index (χ2v) is 1.71. The van der Waals surface area contributed by atoms with Crippen molar-refractivity contribution in [1.29, 1.82) is 0 Å². The smallest absolute Gasteiger partial charge is 0.0414 e. The van der Waals surface area contributed by atoms with E-state index in [0.717, 1.165) is 6.42 Å². The molecule has 0 aromatic carbocycles. The summed E-state index contributed by atoms with van der Waals surface area (Å²) in [6.07, 6.45) is 3.02. The first-order valence-corrected chi connectivity index (χ1v) is 2.94. The topological polar surface area (TPSA) is 24.4 Å². The molecule has 1 N–H and O–H groups in total. The summed E-state index contributed by atoms with van der Waals surface area (Å²) in [5.41, 5.74) is 0. The average molecular weight is 114 g/mol. The molecule has 0 radical (unpaired) electrons. The second-order valence-electron chi connectivity index (χ2n) is 1.71. The van der Waals surface area contributed by atoms with E-state index in [0.29, 0.717) is 6.04 Å². The zero-order chi connectivity index (χ0) is 6.41. The van der Waals surface area contributed by atoms with Crippen molar-refractivity contribution >= 4 is 6.21 Å². The maximum atomic E-state index is 3.89. The van der Waals surface area contributed by atoms with Crippen LogP contribution in [0.15, 0.2) is 4.99 Å². The number of hydrogen-bond donors (Lipinski definition) is 1. The van der Waals surface area contributed by atoms with E-state index in [1.165, 1.54) is 0 Å². The summed E-state index contributed by atoms with van der Waals surface area (Å²) in [6, 6.07) is 0.458. The van der Waals surface area contributed by atoms with Gasteiger partial charge in [0.05, 0.1) is 0 Å². The lowest BCUT2D eigenvalue weighted by Gasteiger charge is -2.04. The van der Waals surface area contributed by atoms with E-state index in [2.05, 4.69) is 17.2 Å². The third kappa shape index (κ3) is 2.75. The molecule has 0 rings (SSSR count). The van der Waals surface area contributed by atoms with Gasteiger partial charge in [-0.1, -0.05) is 6.92 Å².